The molecule has 2 unspecified atom stereocenters. The molecule has 2 atom stereocenters. The Balaban J connectivity index is 1.58. The zero-order chi connectivity index (χ0) is 9.38. The molecule has 3 aliphatic rings. The maximum atomic E-state index is 3.68. The quantitative estimate of drug-likeness (QED) is 0.734. The smallest absolute Gasteiger partial charge is 0.0249 e. The molecule has 1 saturated carbocycles. The monoisotopic (exact) mass is 194 g/mol. The molecule has 0 aromatic carbocycles. The van der Waals surface area contributed by atoms with Gasteiger partial charge in [0.25, 0.3) is 0 Å². The number of likely N-dealkylation sites (tertiary alicyclic amines) is 1. The Kier molecular flexibility index (Phi) is 2.50. The minimum absolute atomic E-state index is 0.830. The molecule has 0 aromatic heterocycles. The van der Waals surface area contributed by atoms with Gasteiger partial charge < -0.3 is 5.32 Å². The Hall–Kier alpha value is -0.0800. The van der Waals surface area contributed by atoms with Crippen LogP contribution in [-0.2, 0) is 0 Å². The molecule has 0 radical (unpaired) electrons. The molecular weight excluding hydrogens is 172 g/mol. The van der Waals surface area contributed by atoms with Crippen LogP contribution in [0.3, 0.4) is 0 Å². The van der Waals surface area contributed by atoms with Crippen molar-refractivity contribution in [3.8, 4) is 0 Å². The van der Waals surface area contributed by atoms with Crippen LogP contribution in [0.15, 0.2) is 0 Å². The van der Waals surface area contributed by atoms with E-state index >= 15 is 0 Å². The van der Waals surface area contributed by atoms with E-state index < -0.39 is 0 Å². The molecule has 2 heterocycles. The lowest BCUT2D eigenvalue weighted by Crippen LogP contribution is -2.44. The van der Waals surface area contributed by atoms with Crippen LogP contribution in [0, 0.1) is 5.92 Å². The van der Waals surface area contributed by atoms with Crippen molar-refractivity contribution in [3.05, 3.63) is 0 Å². The largest absolute Gasteiger partial charge is 0.312 e. The van der Waals surface area contributed by atoms with E-state index in [0.717, 1.165) is 18.0 Å². The van der Waals surface area contributed by atoms with Gasteiger partial charge in [0.2, 0.25) is 0 Å². The highest BCUT2D eigenvalue weighted by molar-refractivity contribution is 4.93. The lowest BCUT2D eigenvalue weighted by Gasteiger charge is -2.29. The summed E-state index contributed by atoms with van der Waals surface area (Å²) in [4.78, 5) is 2.78. The van der Waals surface area contributed by atoms with E-state index in [2.05, 4.69) is 10.2 Å². The average Bonchev–Trinajstić information content (AvgIpc) is 2.68. The van der Waals surface area contributed by atoms with Crippen molar-refractivity contribution < 1.29 is 0 Å². The van der Waals surface area contributed by atoms with Crippen LogP contribution >= 0.6 is 0 Å². The predicted molar refractivity (Wildman–Crippen MR) is 58.3 cm³/mol. The highest BCUT2D eigenvalue weighted by Gasteiger charge is 2.35. The lowest BCUT2D eigenvalue weighted by molar-refractivity contribution is 0.206. The first-order valence-electron chi connectivity index (χ1n) is 6.41. The molecule has 14 heavy (non-hydrogen) atoms. The topological polar surface area (TPSA) is 15.3 Å². The maximum absolute atomic E-state index is 3.68. The average molecular weight is 194 g/mol. The minimum atomic E-state index is 0.830. The van der Waals surface area contributed by atoms with Crippen LogP contribution in [0.25, 0.3) is 0 Å². The first kappa shape index (κ1) is 9.17. The summed E-state index contributed by atoms with van der Waals surface area (Å²) in [6.07, 6.45) is 8.72. The molecule has 1 aliphatic carbocycles. The highest BCUT2D eigenvalue weighted by Crippen LogP contribution is 2.33. The van der Waals surface area contributed by atoms with Gasteiger partial charge in [-0.05, 0) is 57.5 Å². The SMILES string of the molecule is C1CNC(C2CCCN2CC2CC2)C1. The molecule has 2 heteroatoms. The molecule has 2 aliphatic heterocycles. The van der Waals surface area contributed by atoms with Gasteiger partial charge in [-0.25, -0.2) is 0 Å². The molecule has 0 bridgehead atoms. The van der Waals surface area contributed by atoms with Crippen molar-refractivity contribution in [2.24, 2.45) is 5.92 Å². The standard InChI is InChI=1S/C12H22N2/c1-3-11(13-7-1)12-4-2-8-14(12)9-10-5-6-10/h10-13H,1-9H2. The van der Waals surface area contributed by atoms with Gasteiger partial charge in [-0.15, -0.1) is 0 Å². The van der Waals surface area contributed by atoms with Crippen molar-refractivity contribution in [1.29, 1.82) is 0 Å². The van der Waals surface area contributed by atoms with Crippen LogP contribution in [0.1, 0.15) is 38.5 Å². The third kappa shape index (κ3) is 1.82. The van der Waals surface area contributed by atoms with E-state index in [1.54, 1.807) is 0 Å². The van der Waals surface area contributed by atoms with Crippen LogP contribution in [-0.4, -0.2) is 36.6 Å². The van der Waals surface area contributed by atoms with E-state index in [-0.39, 0.29) is 0 Å². The molecule has 0 spiro atoms. The van der Waals surface area contributed by atoms with Crippen LogP contribution < -0.4 is 5.32 Å². The Bertz CT molecular complexity index is 194. The Morgan fingerprint density at radius 1 is 1.07 bits per heavy atom. The summed E-state index contributed by atoms with van der Waals surface area (Å²) in [5, 5.41) is 3.68. The van der Waals surface area contributed by atoms with Crippen molar-refractivity contribution in [2.45, 2.75) is 50.6 Å². The highest BCUT2D eigenvalue weighted by atomic mass is 15.2. The third-order valence-corrected chi connectivity index (χ3v) is 4.17. The molecule has 80 valence electrons. The second kappa shape index (κ2) is 3.82. The summed E-state index contributed by atoms with van der Waals surface area (Å²) in [5.41, 5.74) is 0. The van der Waals surface area contributed by atoms with E-state index in [1.807, 2.05) is 0 Å². The molecule has 1 N–H and O–H groups in total. The number of rotatable bonds is 3. The fourth-order valence-electron chi connectivity index (χ4n) is 3.21. The van der Waals surface area contributed by atoms with Crippen molar-refractivity contribution in [3.63, 3.8) is 0 Å². The van der Waals surface area contributed by atoms with E-state index in [4.69, 9.17) is 0 Å². The Labute approximate surface area is 87.0 Å². The van der Waals surface area contributed by atoms with Crippen molar-refractivity contribution in [1.82, 2.24) is 10.2 Å². The summed E-state index contributed by atoms with van der Waals surface area (Å²) in [7, 11) is 0. The number of hydrogen-bond acceptors (Lipinski definition) is 2. The Morgan fingerprint density at radius 2 is 2.00 bits per heavy atom. The maximum Gasteiger partial charge on any atom is 0.0249 e. The third-order valence-electron chi connectivity index (χ3n) is 4.17. The van der Waals surface area contributed by atoms with Crippen LogP contribution in [0.5, 0.6) is 0 Å². The fourth-order valence-corrected chi connectivity index (χ4v) is 3.21. The lowest BCUT2D eigenvalue weighted by atomic mass is 10.0. The zero-order valence-corrected chi connectivity index (χ0v) is 9.04. The zero-order valence-electron chi connectivity index (χ0n) is 9.04. The molecule has 3 fully saturated rings. The van der Waals surface area contributed by atoms with Crippen LogP contribution in [0.2, 0.25) is 0 Å². The normalized spacial score (nSPS) is 39.4. The van der Waals surface area contributed by atoms with Gasteiger partial charge >= 0.3 is 0 Å². The summed E-state index contributed by atoms with van der Waals surface area (Å²) < 4.78 is 0. The number of nitrogens with one attached hydrogen (secondary N) is 1. The predicted octanol–water partition coefficient (Wildman–Crippen LogP) is 1.61. The second-order valence-electron chi connectivity index (χ2n) is 5.35. The van der Waals surface area contributed by atoms with E-state index in [1.165, 1.54) is 58.2 Å². The van der Waals surface area contributed by atoms with Gasteiger partial charge in [0, 0.05) is 18.6 Å². The van der Waals surface area contributed by atoms with Gasteiger partial charge in [0.1, 0.15) is 0 Å². The Morgan fingerprint density at radius 3 is 2.71 bits per heavy atom. The van der Waals surface area contributed by atoms with Gasteiger partial charge in [-0.1, -0.05) is 0 Å². The molecule has 0 amide bonds. The number of hydrogen-bond donors (Lipinski definition) is 1. The van der Waals surface area contributed by atoms with Crippen LogP contribution in [0.4, 0.5) is 0 Å². The molecule has 0 aromatic rings. The van der Waals surface area contributed by atoms with E-state index in [0.29, 0.717) is 0 Å². The van der Waals surface area contributed by atoms with Crippen molar-refractivity contribution >= 4 is 0 Å². The summed E-state index contributed by atoms with van der Waals surface area (Å²) >= 11 is 0. The summed E-state index contributed by atoms with van der Waals surface area (Å²) in [5.74, 6) is 1.07. The molecule has 2 saturated heterocycles. The fraction of sp³-hybridized carbons (Fsp3) is 1.00. The molecule has 2 nitrogen and oxygen atoms in total. The van der Waals surface area contributed by atoms with E-state index in [9.17, 15) is 0 Å². The van der Waals surface area contributed by atoms with Gasteiger partial charge in [-0.3, -0.25) is 4.90 Å². The minimum Gasteiger partial charge on any atom is -0.312 e. The first-order chi connectivity index (χ1) is 6.93. The van der Waals surface area contributed by atoms with Gasteiger partial charge in [-0.2, -0.15) is 0 Å². The second-order valence-corrected chi connectivity index (χ2v) is 5.35. The molecular formula is C12H22N2. The number of nitrogens with zero attached hydrogens (tertiary/aromatic N) is 1. The first-order valence-corrected chi connectivity index (χ1v) is 6.41. The van der Waals surface area contributed by atoms with Gasteiger partial charge in [0.15, 0.2) is 0 Å². The van der Waals surface area contributed by atoms with Gasteiger partial charge in [0.05, 0.1) is 0 Å². The molecule has 3 rings (SSSR count). The summed E-state index contributed by atoms with van der Waals surface area (Å²) in [6.45, 7) is 4.04. The van der Waals surface area contributed by atoms with Crippen molar-refractivity contribution in [2.75, 3.05) is 19.6 Å². The summed E-state index contributed by atoms with van der Waals surface area (Å²) in [6, 6.07) is 1.72.